The smallest absolute Gasteiger partial charge is 0.124 e. The maximum Gasteiger partial charge on any atom is 0.124 e. The molecule has 0 aliphatic heterocycles. The molecule has 0 aliphatic carbocycles. The SMILES string of the molecule is CCCCCCCCn1c(C)cc2c(O)cccc21. The van der Waals surface area contributed by atoms with Gasteiger partial charge in [-0.15, -0.1) is 0 Å². The second kappa shape index (κ2) is 6.65. The van der Waals surface area contributed by atoms with Crippen LogP contribution in [0.25, 0.3) is 10.9 Å². The molecule has 1 aromatic carbocycles. The molecule has 0 aliphatic rings. The van der Waals surface area contributed by atoms with Crippen molar-refractivity contribution in [2.45, 2.75) is 58.9 Å². The van der Waals surface area contributed by atoms with E-state index in [4.69, 9.17) is 0 Å². The Bertz CT molecular complexity index is 527. The van der Waals surface area contributed by atoms with Crippen molar-refractivity contribution in [2.24, 2.45) is 0 Å². The Hall–Kier alpha value is -1.44. The number of hydrogen-bond acceptors (Lipinski definition) is 1. The lowest BCUT2D eigenvalue weighted by Gasteiger charge is -2.08. The van der Waals surface area contributed by atoms with Crippen LogP contribution < -0.4 is 0 Å². The van der Waals surface area contributed by atoms with E-state index in [0.29, 0.717) is 5.75 Å². The highest BCUT2D eigenvalue weighted by atomic mass is 16.3. The van der Waals surface area contributed by atoms with Gasteiger partial charge in [0.2, 0.25) is 0 Å². The molecule has 2 aromatic rings. The van der Waals surface area contributed by atoms with E-state index in [1.54, 1.807) is 6.07 Å². The Morgan fingerprint density at radius 3 is 2.58 bits per heavy atom. The van der Waals surface area contributed by atoms with Crippen molar-refractivity contribution in [3.8, 4) is 5.75 Å². The zero-order valence-electron chi connectivity index (χ0n) is 12.2. The lowest BCUT2D eigenvalue weighted by Crippen LogP contribution is -1.99. The van der Waals surface area contributed by atoms with Gasteiger partial charge in [0.15, 0.2) is 0 Å². The van der Waals surface area contributed by atoms with Crippen LogP contribution in [0.5, 0.6) is 5.75 Å². The summed E-state index contributed by atoms with van der Waals surface area (Å²) in [6.07, 6.45) is 7.90. The van der Waals surface area contributed by atoms with Gasteiger partial charge in [-0.3, -0.25) is 0 Å². The van der Waals surface area contributed by atoms with Crippen molar-refractivity contribution in [1.29, 1.82) is 0 Å². The second-order valence-corrected chi connectivity index (χ2v) is 5.42. The third kappa shape index (κ3) is 3.31. The van der Waals surface area contributed by atoms with Crippen LogP contribution in [-0.4, -0.2) is 9.67 Å². The molecule has 104 valence electrons. The Kier molecular flexibility index (Phi) is 4.89. The molecule has 0 unspecified atom stereocenters. The van der Waals surface area contributed by atoms with E-state index in [0.717, 1.165) is 17.4 Å². The molecule has 1 heterocycles. The molecule has 1 aromatic heterocycles. The summed E-state index contributed by atoms with van der Waals surface area (Å²) in [4.78, 5) is 0. The molecule has 0 spiro atoms. The van der Waals surface area contributed by atoms with Gasteiger partial charge in [0.05, 0.1) is 5.52 Å². The molecule has 1 N–H and O–H groups in total. The standard InChI is InChI=1S/C17H25NO/c1-3-4-5-6-7-8-12-18-14(2)13-15-16(18)10-9-11-17(15)19/h9-11,13,19H,3-8,12H2,1-2H3. The first-order chi connectivity index (χ1) is 9.24. The quantitative estimate of drug-likeness (QED) is 0.694. The van der Waals surface area contributed by atoms with Gasteiger partial charge in [-0.1, -0.05) is 45.1 Å². The number of aromatic nitrogens is 1. The van der Waals surface area contributed by atoms with E-state index in [2.05, 4.69) is 30.5 Å². The summed E-state index contributed by atoms with van der Waals surface area (Å²) >= 11 is 0. The minimum Gasteiger partial charge on any atom is -0.507 e. The fraction of sp³-hybridized carbons (Fsp3) is 0.529. The van der Waals surface area contributed by atoms with Gasteiger partial charge in [0.1, 0.15) is 5.75 Å². The predicted octanol–water partition coefficient (Wildman–Crippen LogP) is 5.02. The number of aryl methyl sites for hydroxylation is 2. The van der Waals surface area contributed by atoms with Crippen molar-refractivity contribution < 1.29 is 5.11 Å². The fourth-order valence-electron chi connectivity index (χ4n) is 2.75. The maximum atomic E-state index is 9.86. The minimum absolute atomic E-state index is 0.391. The summed E-state index contributed by atoms with van der Waals surface area (Å²) in [6.45, 7) is 5.43. The molecule has 2 nitrogen and oxygen atoms in total. The summed E-state index contributed by atoms with van der Waals surface area (Å²) in [5, 5.41) is 10.8. The van der Waals surface area contributed by atoms with Gasteiger partial charge in [0.25, 0.3) is 0 Å². The van der Waals surface area contributed by atoms with Crippen LogP contribution in [0.4, 0.5) is 0 Å². The van der Waals surface area contributed by atoms with Gasteiger partial charge in [0, 0.05) is 17.6 Å². The van der Waals surface area contributed by atoms with Crippen LogP contribution in [0.1, 0.15) is 51.1 Å². The summed E-state index contributed by atoms with van der Waals surface area (Å²) in [5.41, 5.74) is 2.40. The average molecular weight is 259 g/mol. The number of unbranched alkanes of at least 4 members (excludes halogenated alkanes) is 5. The molecule has 0 radical (unpaired) electrons. The topological polar surface area (TPSA) is 25.2 Å². The first-order valence-electron chi connectivity index (χ1n) is 7.52. The molecule has 0 atom stereocenters. The van der Waals surface area contributed by atoms with E-state index >= 15 is 0 Å². The summed E-state index contributed by atoms with van der Waals surface area (Å²) in [7, 11) is 0. The highest BCUT2D eigenvalue weighted by molar-refractivity contribution is 5.87. The van der Waals surface area contributed by atoms with Crippen molar-refractivity contribution in [3.05, 3.63) is 30.0 Å². The molecule has 2 rings (SSSR count). The van der Waals surface area contributed by atoms with Crippen molar-refractivity contribution in [3.63, 3.8) is 0 Å². The summed E-state index contributed by atoms with van der Waals surface area (Å²) in [5.74, 6) is 0.391. The van der Waals surface area contributed by atoms with Crippen molar-refractivity contribution in [2.75, 3.05) is 0 Å². The van der Waals surface area contributed by atoms with Crippen LogP contribution in [0.3, 0.4) is 0 Å². The number of hydrogen-bond donors (Lipinski definition) is 1. The minimum atomic E-state index is 0.391. The molecular weight excluding hydrogens is 234 g/mol. The third-order valence-corrected chi connectivity index (χ3v) is 3.87. The fourth-order valence-corrected chi connectivity index (χ4v) is 2.75. The Balaban J connectivity index is 1.97. The Labute approximate surface area is 116 Å². The van der Waals surface area contributed by atoms with Crippen LogP contribution in [0, 0.1) is 6.92 Å². The Morgan fingerprint density at radius 1 is 1.05 bits per heavy atom. The molecule has 0 saturated heterocycles. The number of nitrogens with zero attached hydrogens (tertiary/aromatic N) is 1. The first-order valence-corrected chi connectivity index (χ1v) is 7.52. The number of benzene rings is 1. The lowest BCUT2D eigenvalue weighted by atomic mass is 10.1. The largest absolute Gasteiger partial charge is 0.507 e. The molecule has 2 heteroatoms. The Morgan fingerprint density at radius 2 is 1.79 bits per heavy atom. The monoisotopic (exact) mass is 259 g/mol. The van der Waals surface area contributed by atoms with Crippen molar-refractivity contribution in [1.82, 2.24) is 4.57 Å². The zero-order valence-corrected chi connectivity index (χ0v) is 12.2. The van der Waals surface area contributed by atoms with Gasteiger partial charge < -0.3 is 9.67 Å². The number of aromatic hydroxyl groups is 1. The van der Waals surface area contributed by atoms with E-state index in [-0.39, 0.29) is 0 Å². The van der Waals surface area contributed by atoms with Gasteiger partial charge >= 0.3 is 0 Å². The molecule has 0 fully saturated rings. The molecule has 0 amide bonds. The number of rotatable bonds is 7. The van der Waals surface area contributed by atoms with Gasteiger partial charge in [-0.2, -0.15) is 0 Å². The molecule has 0 bridgehead atoms. The van der Waals surface area contributed by atoms with Gasteiger partial charge in [-0.05, 0) is 31.5 Å². The predicted molar refractivity (Wildman–Crippen MR) is 81.7 cm³/mol. The maximum absolute atomic E-state index is 9.86. The zero-order chi connectivity index (χ0) is 13.7. The van der Waals surface area contributed by atoms with Crippen LogP contribution in [0.2, 0.25) is 0 Å². The number of phenolic OH excluding ortho intramolecular Hbond substituents is 1. The van der Waals surface area contributed by atoms with E-state index < -0.39 is 0 Å². The number of fused-ring (bicyclic) bond motifs is 1. The normalized spacial score (nSPS) is 11.3. The van der Waals surface area contributed by atoms with Crippen LogP contribution in [0.15, 0.2) is 24.3 Å². The molecule has 19 heavy (non-hydrogen) atoms. The van der Waals surface area contributed by atoms with Crippen molar-refractivity contribution >= 4 is 10.9 Å². The van der Waals surface area contributed by atoms with Crippen LogP contribution in [-0.2, 0) is 6.54 Å². The third-order valence-electron chi connectivity index (χ3n) is 3.87. The lowest BCUT2D eigenvalue weighted by molar-refractivity contribution is 0.481. The highest BCUT2D eigenvalue weighted by Gasteiger charge is 2.07. The first kappa shape index (κ1) is 14.0. The van der Waals surface area contributed by atoms with E-state index in [1.165, 1.54) is 44.2 Å². The van der Waals surface area contributed by atoms with E-state index in [1.807, 2.05) is 6.07 Å². The summed E-state index contributed by atoms with van der Waals surface area (Å²) in [6, 6.07) is 7.87. The molecular formula is C17H25NO. The molecule has 0 saturated carbocycles. The summed E-state index contributed by atoms with van der Waals surface area (Å²) < 4.78 is 2.33. The van der Waals surface area contributed by atoms with Crippen LogP contribution >= 0.6 is 0 Å². The van der Waals surface area contributed by atoms with Gasteiger partial charge in [-0.25, -0.2) is 0 Å². The van der Waals surface area contributed by atoms with E-state index in [9.17, 15) is 5.11 Å². The highest BCUT2D eigenvalue weighted by Crippen LogP contribution is 2.27. The number of phenols is 1. The average Bonchev–Trinajstić information content (AvgIpc) is 2.72. The second-order valence-electron chi connectivity index (χ2n) is 5.42.